The highest BCUT2D eigenvalue weighted by Gasteiger charge is 2.22. The maximum absolute atomic E-state index is 9.14. The molecule has 4 heteroatoms. The summed E-state index contributed by atoms with van der Waals surface area (Å²) in [6, 6.07) is 0.549. The topological polar surface area (TPSA) is 36.4 Å². The second-order valence-corrected chi connectivity index (χ2v) is 6.35. The summed E-state index contributed by atoms with van der Waals surface area (Å²) in [4.78, 5) is 7.21. The van der Waals surface area contributed by atoms with Gasteiger partial charge < -0.3 is 5.11 Å². The second-order valence-electron chi connectivity index (χ2n) is 5.46. The molecule has 2 heterocycles. The van der Waals surface area contributed by atoms with Crippen LogP contribution in [0.2, 0.25) is 0 Å². The van der Waals surface area contributed by atoms with Gasteiger partial charge in [0.05, 0.1) is 10.7 Å². The van der Waals surface area contributed by atoms with Crippen LogP contribution >= 0.6 is 11.3 Å². The van der Waals surface area contributed by atoms with E-state index in [-0.39, 0.29) is 0 Å². The van der Waals surface area contributed by atoms with Crippen molar-refractivity contribution in [1.82, 2.24) is 9.88 Å². The van der Waals surface area contributed by atoms with E-state index in [1.54, 1.807) is 11.3 Å². The minimum atomic E-state index is 0.301. The van der Waals surface area contributed by atoms with E-state index in [9.17, 15) is 0 Å². The number of piperidine rings is 1. The zero-order valence-corrected chi connectivity index (χ0v) is 12.2. The molecule has 1 unspecified atom stereocenters. The molecule has 1 atom stereocenters. The lowest BCUT2D eigenvalue weighted by Gasteiger charge is -2.35. The van der Waals surface area contributed by atoms with Crippen LogP contribution in [-0.2, 0) is 6.54 Å². The van der Waals surface area contributed by atoms with E-state index >= 15 is 0 Å². The lowest BCUT2D eigenvalue weighted by Crippen LogP contribution is -2.39. The second kappa shape index (κ2) is 6.64. The van der Waals surface area contributed by atoms with Gasteiger partial charge in [-0.3, -0.25) is 4.90 Å². The third kappa shape index (κ3) is 3.53. The number of thiazole rings is 1. The molecule has 1 N–H and O–H groups in total. The predicted octanol–water partition coefficient (Wildman–Crippen LogP) is 3.00. The SMILES string of the molecule is CC(C)c1nc(CN2CCCCC2CCO)cs1. The molecule has 18 heavy (non-hydrogen) atoms. The minimum Gasteiger partial charge on any atom is -0.396 e. The Kier molecular flexibility index (Phi) is 5.15. The van der Waals surface area contributed by atoms with Gasteiger partial charge in [0.2, 0.25) is 0 Å². The Morgan fingerprint density at radius 2 is 2.33 bits per heavy atom. The predicted molar refractivity (Wildman–Crippen MR) is 76.0 cm³/mol. The molecule has 102 valence electrons. The van der Waals surface area contributed by atoms with Crippen molar-refractivity contribution in [2.24, 2.45) is 0 Å². The summed E-state index contributed by atoms with van der Waals surface area (Å²) in [5.74, 6) is 0.526. The Hall–Kier alpha value is -0.450. The molecule has 0 spiro atoms. The number of likely N-dealkylation sites (tertiary alicyclic amines) is 1. The van der Waals surface area contributed by atoms with Crippen molar-refractivity contribution < 1.29 is 5.11 Å². The van der Waals surface area contributed by atoms with Crippen LogP contribution in [0.4, 0.5) is 0 Å². The van der Waals surface area contributed by atoms with Gasteiger partial charge in [-0.2, -0.15) is 0 Å². The minimum absolute atomic E-state index is 0.301. The summed E-state index contributed by atoms with van der Waals surface area (Å²) in [5, 5.41) is 12.6. The van der Waals surface area contributed by atoms with Crippen LogP contribution in [0, 0.1) is 0 Å². The van der Waals surface area contributed by atoms with Crippen molar-refractivity contribution in [1.29, 1.82) is 0 Å². The van der Waals surface area contributed by atoms with Crippen LogP contribution in [0.25, 0.3) is 0 Å². The van der Waals surface area contributed by atoms with E-state index in [1.165, 1.54) is 30.0 Å². The zero-order chi connectivity index (χ0) is 13.0. The molecular weight excluding hydrogens is 244 g/mol. The fourth-order valence-corrected chi connectivity index (χ4v) is 3.44. The first-order valence-electron chi connectivity index (χ1n) is 7.00. The van der Waals surface area contributed by atoms with Gasteiger partial charge in [0.1, 0.15) is 0 Å². The molecule has 1 fully saturated rings. The molecule has 0 radical (unpaired) electrons. The summed E-state index contributed by atoms with van der Waals surface area (Å²) in [5.41, 5.74) is 1.20. The Balaban J connectivity index is 1.97. The Morgan fingerprint density at radius 3 is 3.00 bits per heavy atom. The molecule has 1 aromatic rings. The number of hydrogen-bond acceptors (Lipinski definition) is 4. The molecule has 0 aliphatic carbocycles. The summed E-state index contributed by atoms with van der Waals surface area (Å²) in [6.45, 7) is 6.79. The Bertz CT molecular complexity index is 362. The summed E-state index contributed by atoms with van der Waals surface area (Å²) < 4.78 is 0. The average Bonchev–Trinajstić information content (AvgIpc) is 2.81. The number of aliphatic hydroxyl groups excluding tert-OH is 1. The first kappa shape index (κ1) is 14.0. The maximum Gasteiger partial charge on any atom is 0.0954 e. The van der Waals surface area contributed by atoms with E-state index < -0.39 is 0 Å². The van der Waals surface area contributed by atoms with Gasteiger partial charge in [-0.25, -0.2) is 4.98 Å². The summed E-state index contributed by atoms with van der Waals surface area (Å²) in [6.07, 6.45) is 4.71. The van der Waals surface area contributed by atoms with E-state index in [1.807, 2.05) is 0 Å². The van der Waals surface area contributed by atoms with Gasteiger partial charge in [-0.05, 0) is 25.8 Å². The van der Waals surface area contributed by atoms with Crippen molar-refractivity contribution in [3.8, 4) is 0 Å². The van der Waals surface area contributed by atoms with Crippen LogP contribution in [-0.4, -0.2) is 34.2 Å². The van der Waals surface area contributed by atoms with E-state index in [0.717, 1.165) is 19.5 Å². The molecule has 2 rings (SSSR count). The number of nitrogens with zero attached hydrogens (tertiary/aromatic N) is 2. The average molecular weight is 268 g/mol. The third-order valence-corrected chi connectivity index (χ3v) is 4.83. The van der Waals surface area contributed by atoms with Gasteiger partial charge in [0.25, 0.3) is 0 Å². The molecule has 0 bridgehead atoms. The number of aliphatic hydroxyl groups is 1. The van der Waals surface area contributed by atoms with Crippen LogP contribution in [0.15, 0.2) is 5.38 Å². The highest BCUT2D eigenvalue weighted by molar-refractivity contribution is 7.09. The van der Waals surface area contributed by atoms with Gasteiger partial charge in [0.15, 0.2) is 0 Å². The summed E-state index contributed by atoms with van der Waals surface area (Å²) >= 11 is 1.77. The Labute approximate surface area is 114 Å². The lowest BCUT2D eigenvalue weighted by atomic mass is 9.99. The first-order chi connectivity index (χ1) is 8.70. The lowest BCUT2D eigenvalue weighted by molar-refractivity contribution is 0.111. The van der Waals surface area contributed by atoms with E-state index in [0.29, 0.717) is 18.6 Å². The van der Waals surface area contributed by atoms with Crippen LogP contribution in [0.1, 0.15) is 56.2 Å². The van der Waals surface area contributed by atoms with Gasteiger partial charge in [-0.15, -0.1) is 11.3 Å². The number of rotatable bonds is 5. The van der Waals surface area contributed by atoms with Crippen molar-refractivity contribution in [2.45, 2.75) is 58.0 Å². The molecule has 1 saturated heterocycles. The highest BCUT2D eigenvalue weighted by Crippen LogP contribution is 2.24. The smallest absolute Gasteiger partial charge is 0.0954 e. The number of hydrogen-bond donors (Lipinski definition) is 1. The van der Waals surface area contributed by atoms with Gasteiger partial charge >= 0.3 is 0 Å². The van der Waals surface area contributed by atoms with Gasteiger partial charge in [0, 0.05) is 30.5 Å². The van der Waals surface area contributed by atoms with Crippen LogP contribution in [0.3, 0.4) is 0 Å². The normalized spacial score (nSPS) is 21.7. The monoisotopic (exact) mass is 268 g/mol. The van der Waals surface area contributed by atoms with E-state index in [4.69, 9.17) is 10.1 Å². The Morgan fingerprint density at radius 1 is 1.50 bits per heavy atom. The van der Waals surface area contributed by atoms with Crippen molar-refractivity contribution >= 4 is 11.3 Å². The third-order valence-electron chi connectivity index (χ3n) is 3.64. The highest BCUT2D eigenvalue weighted by atomic mass is 32.1. The molecule has 0 saturated carbocycles. The molecular formula is C14H24N2OS. The zero-order valence-electron chi connectivity index (χ0n) is 11.4. The van der Waals surface area contributed by atoms with Crippen molar-refractivity contribution in [2.75, 3.05) is 13.2 Å². The largest absolute Gasteiger partial charge is 0.396 e. The standard InChI is InChI=1S/C14H24N2OS/c1-11(2)14-15-12(10-18-14)9-16-7-4-3-5-13(16)6-8-17/h10-11,13,17H,3-9H2,1-2H3. The fourth-order valence-electron chi connectivity index (χ4n) is 2.61. The first-order valence-corrected chi connectivity index (χ1v) is 7.88. The molecule has 1 aliphatic heterocycles. The summed E-state index contributed by atoms with van der Waals surface area (Å²) in [7, 11) is 0. The molecule has 1 aliphatic rings. The maximum atomic E-state index is 9.14. The quantitative estimate of drug-likeness (QED) is 0.892. The van der Waals surface area contributed by atoms with Crippen molar-refractivity contribution in [3.63, 3.8) is 0 Å². The number of aromatic nitrogens is 1. The van der Waals surface area contributed by atoms with Crippen molar-refractivity contribution in [3.05, 3.63) is 16.1 Å². The molecule has 3 nitrogen and oxygen atoms in total. The van der Waals surface area contributed by atoms with E-state index in [2.05, 4.69) is 24.1 Å². The molecule has 0 aromatic carbocycles. The van der Waals surface area contributed by atoms with Crippen LogP contribution in [0.5, 0.6) is 0 Å². The molecule has 1 aromatic heterocycles. The van der Waals surface area contributed by atoms with Crippen LogP contribution < -0.4 is 0 Å². The fraction of sp³-hybridized carbons (Fsp3) is 0.786. The molecule has 0 amide bonds. The van der Waals surface area contributed by atoms with Gasteiger partial charge in [-0.1, -0.05) is 20.3 Å².